The van der Waals surface area contributed by atoms with Gasteiger partial charge in [-0.1, -0.05) is 37.8 Å². The number of piperidine rings is 1. The van der Waals surface area contributed by atoms with Gasteiger partial charge in [0.1, 0.15) is 4.21 Å². The van der Waals surface area contributed by atoms with Crippen LogP contribution in [0, 0.1) is 12.8 Å². The van der Waals surface area contributed by atoms with E-state index in [4.69, 9.17) is 11.6 Å². The number of hydrogen-bond acceptors (Lipinski definition) is 3. The molecule has 24 heavy (non-hydrogen) atoms. The number of rotatable bonds is 5. The minimum atomic E-state index is -3.40. The maximum Gasteiger partial charge on any atom is 0.252 e. The Kier molecular flexibility index (Phi) is 5.55. The zero-order valence-corrected chi connectivity index (χ0v) is 16.6. The molecule has 0 atom stereocenters. The number of hydrogen-bond donors (Lipinski definition) is 0. The second kappa shape index (κ2) is 7.32. The van der Waals surface area contributed by atoms with Gasteiger partial charge in [0, 0.05) is 22.8 Å². The van der Waals surface area contributed by atoms with E-state index in [-0.39, 0.29) is 0 Å². The number of halogens is 1. The molecule has 0 spiro atoms. The van der Waals surface area contributed by atoms with E-state index in [1.807, 2.05) is 25.1 Å². The van der Waals surface area contributed by atoms with E-state index in [2.05, 4.69) is 6.92 Å². The van der Waals surface area contributed by atoms with Gasteiger partial charge in [0.25, 0.3) is 10.0 Å². The van der Waals surface area contributed by atoms with Crippen molar-refractivity contribution in [2.45, 2.75) is 50.2 Å². The third-order valence-electron chi connectivity index (χ3n) is 4.97. The summed E-state index contributed by atoms with van der Waals surface area (Å²) in [4.78, 5) is 0. The van der Waals surface area contributed by atoms with Gasteiger partial charge in [-0.05, 0) is 54.8 Å². The Morgan fingerprint density at radius 1 is 1.29 bits per heavy atom. The number of fused-ring (bicyclic) bond motifs is 1. The summed E-state index contributed by atoms with van der Waals surface area (Å²) in [5.74, 6) is 0.679. The Labute approximate surface area is 153 Å². The molecule has 0 aliphatic carbocycles. The number of unbranched alkanes of at least 4 members (excludes halogenated alkanes) is 1. The van der Waals surface area contributed by atoms with Gasteiger partial charge < -0.3 is 0 Å². The SMILES string of the molecule is CCCCC1CCN(S(=O)(=O)c2sc3ccc(Cl)cc3c2C)CC1. The molecule has 6 heteroatoms. The average Bonchev–Trinajstić information content (AvgIpc) is 2.90. The van der Waals surface area contributed by atoms with Crippen molar-refractivity contribution in [2.24, 2.45) is 5.92 Å². The normalized spacial score (nSPS) is 17.6. The molecule has 1 saturated heterocycles. The molecule has 1 aromatic carbocycles. The summed E-state index contributed by atoms with van der Waals surface area (Å²) in [7, 11) is -3.40. The van der Waals surface area contributed by atoms with Crippen molar-refractivity contribution in [1.82, 2.24) is 4.31 Å². The van der Waals surface area contributed by atoms with Crippen LogP contribution in [-0.4, -0.2) is 25.8 Å². The number of thiophene rings is 1. The van der Waals surface area contributed by atoms with Gasteiger partial charge in [-0.2, -0.15) is 4.31 Å². The first-order chi connectivity index (χ1) is 11.4. The van der Waals surface area contributed by atoms with Gasteiger partial charge in [-0.3, -0.25) is 0 Å². The molecule has 0 bridgehead atoms. The van der Waals surface area contributed by atoms with Crippen molar-refractivity contribution in [3.05, 3.63) is 28.8 Å². The molecule has 1 fully saturated rings. The molecular weight excluding hydrogens is 362 g/mol. The Bertz CT molecular complexity index is 821. The largest absolute Gasteiger partial charge is 0.252 e. The predicted octanol–water partition coefficient (Wildman–Crippen LogP) is 5.45. The number of benzene rings is 1. The van der Waals surface area contributed by atoms with E-state index in [0.29, 0.717) is 28.2 Å². The van der Waals surface area contributed by atoms with Crippen LogP contribution in [0.2, 0.25) is 5.02 Å². The second-order valence-corrected chi connectivity index (χ2v) is 10.3. The van der Waals surface area contributed by atoms with Gasteiger partial charge >= 0.3 is 0 Å². The van der Waals surface area contributed by atoms with Crippen molar-refractivity contribution in [3.63, 3.8) is 0 Å². The maximum atomic E-state index is 13.1. The Morgan fingerprint density at radius 2 is 2.00 bits per heavy atom. The Morgan fingerprint density at radius 3 is 2.67 bits per heavy atom. The molecule has 1 aliphatic rings. The van der Waals surface area contributed by atoms with Crippen LogP contribution in [-0.2, 0) is 10.0 Å². The number of nitrogens with zero attached hydrogens (tertiary/aromatic N) is 1. The van der Waals surface area contributed by atoms with Crippen molar-refractivity contribution >= 4 is 43.0 Å². The molecule has 1 aromatic heterocycles. The summed E-state index contributed by atoms with van der Waals surface area (Å²) in [6.07, 6.45) is 5.64. The van der Waals surface area contributed by atoms with E-state index in [1.54, 1.807) is 4.31 Å². The van der Waals surface area contributed by atoms with Gasteiger partial charge in [0.15, 0.2) is 0 Å². The zero-order chi connectivity index (χ0) is 17.3. The molecule has 0 unspecified atom stereocenters. The van der Waals surface area contributed by atoms with Crippen LogP contribution >= 0.6 is 22.9 Å². The van der Waals surface area contributed by atoms with Crippen molar-refractivity contribution in [1.29, 1.82) is 0 Å². The first-order valence-electron chi connectivity index (χ1n) is 8.62. The van der Waals surface area contributed by atoms with Crippen LogP contribution in [0.4, 0.5) is 0 Å². The lowest BCUT2D eigenvalue weighted by atomic mass is 9.93. The van der Waals surface area contributed by atoms with Gasteiger partial charge in [-0.15, -0.1) is 11.3 Å². The summed E-state index contributed by atoms with van der Waals surface area (Å²) >= 11 is 7.42. The molecule has 0 radical (unpaired) electrons. The third-order valence-corrected chi connectivity index (χ3v) is 8.97. The average molecular weight is 386 g/mol. The fraction of sp³-hybridized carbons (Fsp3) is 0.556. The maximum absolute atomic E-state index is 13.1. The summed E-state index contributed by atoms with van der Waals surface area (Å²) in [6, 6.07) is 5.58. The van der Waals surface area contributed by atoms with Crippen LogP contribution in [0.3, 0.4) is 0 Å². The summed E-state index contributed by atoms with van der Waals surface area (Å²) in [5.41, 5.74) is 0.825. The Balaban J connectivity index is 1.83. The lowest BCUT2D eigenvalue weighted by molar-refractivity contribution is 0.260. The third kappa shape index (κ3) is 3.50. The minimum Gasteiger partial charge on any atom is -0.206 e. The molecule has 3 rings (SSSR count). The molecule has 3 nitrogen and oxygen atoms in total. The summed E-state index contributed by atoms with van der Waals surface area (Å²) in [5, 5.41) is 1.59. The first-order valence-corrected chi connectivity index (χ1v) is 11.3. The highest BCUT2D eigenvalue weighted by atomic mass is 35.5. The first kappa shape index (κ1) is 18.2. The van der Waals surface area contributed by atoms with E-state index in [0.717, 1.165) is 28.5 Å². The number of sulfonamides is 1. The van der Waals surface area contributed by atoms with Gasteiger partial charge in [0.05, 0.1) is 0 Å². The molecule has 2 aromatic rings. The fourth-order valence-electron chi connectivity index (χ4n) is 3.47. The van der Waals surface area contributed by atoms with Crippen LogP contribution in [0.25, 0.3) is 10.1 Å². The van der Waals surface area contributed by atoms with Crippen molar-refractivity contribution in [3.8, 4) is 0 Å². The molecule has 1 aliphatic heterocycles. The van der Waals surface area contributed by atoms with Crippen LogP contribution in [0.15, 0.2) is 22.4 Å². The number of aryl methyl sites for hydroxylation is 1. The van der Waals surface area contributed by atoms with Gasteiger partial charge in [-0.25, -0.2) is 8.42 Å². The quantitative estimate of drug-likeness (QED) is 0.685. The topological polar surface area (TPSA) is 37.4 Å². The van der Waals surface area contributed by atoms with Crippen LogP contribution in [0.5, 0.6) is 0 Å². The highest BCUT2D eigenvalue weighted by molar-refractivity contribution is 7.91. The highest BCUT2D eigenvalue weighted by Crippen LogP contribution is 2.38. The summed E-state index contributed by atoms with van der Waals surface area (Å²) < 4.78 is 29.3. The van der Waals surface area contributed by atoms with E-state index in [1.165, 1.54) is 30.6 Å². The minimum absolute atomic E-state index is 0.478. The lowest BCUT2D eigenvalue weighted by Crippen LogP contribution is -2.38. The second-order valence-electron chi connectivity index (χ2n) is 6.64. The van der Waals surface area contributed by atoms with Crippen LogP contribution < -0.4 is 0 Å². The smallest absolute Gasteiger partial charge is 0.206 e. The highest BCUT2D eigenvalue weighted by Gasteiger charge is 2.32. The lowest BCUT2D eigenvalue weighted by Gasteiger charge is -2.31. The Hall–Kier alpha value is -0.620. The summed E-state index contributed by atoms with van der Waals surface area (Å²) in [6.45, 7) is 5.38. The zero-order valence-electron chi connectivity index (χ0n) is 14.2. The molecular formula is C18H24ClNO2S2. The predicted molar refractivity (Wildman–Crippen MR) is 103 cm³/mol. The van der Waals surface area contributed by atoms with E-state index < -0.39 is 10.0 Å². The molecule has 2 heterocycles. The molecule has 132 valence electrons. The molecule has 0 saturated carbocycles. The van der Waals surface area contributed by atoms with E-state index >= 15 is 0 Å². The van der Waals surface area contributed by atoms with Crippen molar-refractivity contribution in [2.75, 3.05) is 13.1 Å². The molecule has 0 amide bonds. The van der Waals surface area contributed by atoms with E-state index in [9.17, 15) is 8.42 Å². The molecule has 0 N–H and O–H groups in total. The standard InChI is InChI=1S/C18H24ClNO2S2/c1-3-4-5-14-8-10-20(11-9-14)24(21,22)18-13(2)16-12-15(19)6-7-17(16)23-18/h6-7,12,14H,3-5,8-11H2,1-2H3. The van der Waals surface area contributed by atoms with Crippen LogP contribution in [0.1, 0.15) is 44.6 Å². The fourth-order valence-corrected chi connectivity index (χ4v) is 6.99. The van der Waals surface area contributed by atoms with Crippen molar-refractivity contribution < 1.29 is 8.42 Å². The van der Waals surface area contributed by atoms with Gasteiger partial charge in [0.2, 0.25) is 0 Å². The monoisotopic (exact) mass is 385 g/mol.